The van der Waals surface area contributed by atoms with E-state index < -0.39 is 0 Å². The number of benzene rings is 1. The Balaban J connectivity index is 2.02. The summed E-state index contributed by atoms with van der Waals surface area (Å²) in [5.74, 6) is 1.01. The second-order valence-electron chi connectivity index (χ2n) is 3.31. The van der Waals surface area contributed by atoms with Crippen LogP contribution in [0.4, 0.5) is 5.82 Å². The van der Waals surface area contributed by atoms with Crippen molar-refractivity contribution in [2.45, 2.75) is 6.92 Å². The Bertz CT molecular complexity index is 424. The van der Waals surface area contributed by atoms with Gasteiger partial charge in [0, 0.05) is 18.5 Å². The van der Waals surface area contributed by atoms with Crippen LogP contribution in [0.15, 0.2) is 24.3 Å². The molecule has 0 atom stereocenters. The molecule has 0 saturated carbocycles. The zero-order chi connectivity index (χ0) is 10.5. The van der Waals surface area contributed by atoms with Crippen LogP contribution in [-0.2, 0) is 0 Å². The van der Waals surface area contributed by atoms with Gasteiger partial charge in [-0.3, -0.25) is 0 Å². The zero-order valence-electron chi connectivity index (χ0n) is 8.79. The van der Waals surface area contributed by atoms with Gasteiger partial charge in [0.1, 0.15) is 5.82 Å². The molecule has 1 aromatic carbocycles. The third-order valence-electron chi connectivity index (χ3n) is 2.22. The first kappa shape index (κ1) is 10.4. The number of hydrogen-bond donors (Lipinski definition) is 2. The molecule has 0 aliphatic carbocycles. The van der Waals surface area contributed by atoms with Crippen LogP contribution in [0, 0.1) is 0 Å². The van der Waals surface area contributed by atoms with Crippen molar-refractivity contribution < 1.29 is 0 Å². The molecule has 80 valence electrons. The summed E-state index contributed by atoms with van der Waals surface area (Å²) in [6.45, 7) is 5.02. The molecule has 3 nitrogen and oxygen atoms in total. The summed E-state index contributed by atoms with van der Waals surface area (Å²) in [6.07, 6.45) is 0. The molecule has 1 heterocycles. The second-order valence-corrected chi connectivity index (χ2v) is 4.11. The fourth-order valence-electron chi connectivity index (χ4n) is 1.46. The lowest BCUT2D eigenvalue weighted by Gasteiger charge is -2.03. The van der Waals surface area contributed by atoms with E-state index in [4.69, 9.17) is 0 Å². The van der Waals surface area contributed by atoms with E-state index in [-0.39, 0.29) is 0 Å². The Morgan fingerprint density at radius 3 is 3.00 bits per heavy atom. The van der Waals surface area contributed by atoms with E-state index in [1.165, 1.54) is 10.1 Å². The number of nitrogens with one attached hydrogen (secondary N) is 2. The second kappa shape index (κ2) is 5.09. The van der Waals surface area contributed by atoms with Crippen LogP contribution >= 0.6 is 11.5 Å². The molecule has 0 aliphatic heterocycles. The van der Waals surface area contributed by atoms with Gasteiger partial charge in [0.25, 0.3) is 0 Å². The quantitative estimate of drug-likeness (QED) is 0.761. The summed E-state index contributed by atoms with van der Waals surface area (Å²) in [5, 5.41) is 7.83. The third-order valence-corrected chi connectivity index (χ3v) is 3.05. The van der Waals surface area contributed by atoms with Crippen molar-refractivity contribution in [2.75, 3.05) is 25.0 Å². The third kappa shape index (κ3) is 2.46. The first-order valence-electron chi connectivity index (χ1n) is 5.21. The van der Waals surface area contributed by atoms with Crippen molar-refractivity contribution >= 4 is 27.4 Å². The van der Waals surface area contributed by atoms with Crippen LogP contribution in [0.3, 0.4) is 0 Å². The van der Waals surface area contributed by atoms with E-state index in [0.717, 1.165) is 25.5 Å². The topological polar surface area (TPSA) is 37.0 Å². The normalized spacial score (nSPS) is 10.7. The number of likely N-dealkylation sites (N-methyl/N-ethyl adjacent to an activating group) is 1. The molecule has 1 aromatic heterocycles. The van der Waals surface area contributed by atoms with Crippen molar-refractivity contribution in [3.05, 3.63) is 24.3 Å². The lowest BCUT2D eigenvalue weighted by molar-refractivity contribution is 0.738. The van der Waals surface area contributed by atoms with Crippen molar-refractivity contribution in [3.8, 4) is 0 Å². The lowest BCUT2D eigenvalue weighted by Crippen LogP contribution is -2.21. The summed E-state index contributed by atoms with van der Waals surface area (Å²) in [5.41, 5.74) is 0. The highest BCUT2D eigenvalue weighted by Crippen LogP contribution is 2.25. The predicted octanol–water partition coefficient (Wildman–Crippen LogP) is 2.32. The van der Waals surface area contributed by atoms with Crippen molar-refractivity contribution in [3.63, 3.8) is 0 Å². The van der Waals surface area contributed by atoms with E-state index in [1.807, 2.05) is 12.1 Å². The maximum absolute atomic E-state index is 4.40. The Morgan fingerprint density at radius 2 is 2.13 bits per heavy atom. The van der Waals surface area contributed by atoms with Crippen LogP contribution < -0.4 is 10.6 Å². The molecule has 0 saturated heterocycles. The molecule has 0 amide bonds. The fourth-order valence-corrected chi connectivity index (χ4v) is 2.21. The summed E-state index contributed by atoms with van der Waals surface area (Å²) in [7, 11) is 0. The molecule has 0 aliphatic rings. The van der Waals surface area contributed by atoms with Crippen molar-refractivity contribution in [1.29, 1.82) is 0 Å². The number of aromatic nitrogens is 1. The maximum Gasteiger partial charge on any atom is 0.147 e. The van der Waals surface area contributed by atoms with E-state index >= 15 is 0 Å². The Hall–Kier alpha value is -1.13. The minimum absolute atomic E-state index is 0.918. The summed E-state index contributed by atoms with van der Waals surface area (Å²) in [6, 6.07) is 8.30. The van der Waals surface area contributed by atoms with E-state index in [1.54, 1.807) is 11.5 Å². The average Bonchev–Trinajstić information content (AvgIpc) is 2.68. The highest BCUT2D eigenvalue weighted by atomic mass is 32.1. The Kier molecular flexibility index (Phi) is 3.53. The van der Waals surface area contributed by atoms with Gasteiger partial charge in [-0.05, 0) is 30.2 Å². The minimum Gasteiger partial charge on any atom is -0.367 e. The number of rotatable bonds is 5. The van der Waals surface area contributed by atoms with Gasteiger partial charge in [0.05, 0.1) is 4.70 Å². The van der Waals surface area contributed by atoms with Crippen molar-refractivity contribution in [1.82, 2.24) is 9.69 Å². The SMILES string of the molecule is CCNCCNc1nsc2ccccc12. The zero-order valence-corrected chi connectivity index (χ0v) is 9.60. The molecule has 15 heavy (non-hydrogen) atoms. The Labute approximate surface area is 93.7 Å². The van der Waals surface area contributed by atoms with Gasteiger partial charge in [-0.1, -0.05) is 19.1 Å². The van der Waals surface area contributed by atoms with Crippen LogP contribution in [0.1, 0.15) is 6.92 Å². The molecule has 2 rings (SSSR count). The van der Waals surface area contributed by atoms with Gasteiger partial charge >= 0.3 is 0 Å². The molecule has 2 aromatic rings. The molecular formula is C11H15N3S. The fraction of sp³-hybridized carbons (Fsp3) is 0.364. The van der Waals surface area contributed by atoms with Gasteiger partial charge in [0.15, 0.2) is 0 Å². The van der Waals surface area contributed by atoms with Crippen LogP contribution in [0.5, 0.6) is 0 Å². The first-order valence-corrected chi connectivity index (χ1v) is 5.98. The van der Waals surface area contributed by atoms with Crippen molar-refractivity contribution in [2.24, 2.45) is 0 Å². The number of fused-ring (bicyclic) bond motifs is 1. The maximum atomic E-state index is 4.40. The van der Waals surface area contributed by atoms with Crippen LogP contribution in [-0.4, -0.2) is 24.0 Å². The van der Waals surface area contributed by atoms with E-state index in [2.05, 4.69) is 34.1 Å². The first-order chi connectivity index (χ1) is 7.42. The van der Waals surface area contributed by atoms with Gasteiger partial charge in [0.2, 0.25) is 0 Å². The van der Waals surface area contributed by atoms with Crippen LogP contribution in [0.25, 0.3) is 10.1 Å². The smallest absolute Gasteiger partial charge is 0.147 e. The molecule has 0 radical (unpaired) electrons. The van der Waals surface area contributed by atoms with Gasteiger partial charge in [-0.15, -0.1) is 0 Å². The summed E-state index contributed by atoms with van der Waals surface area (Å²) < 4.78 is 5.64. The predicted molar refractivity (Wildman–Crippen MR) is 66.7 cm³/mol. The molecule has 4 heteroatoms. The van der Waals surface area contributed by atoms with E-state index in [0.29, 0.717) is 0 Å². The largest absolute Gasteiger partial charge is 0.367 e. The van der Waals surface area contributed by atoms with Gasteiger partial charge in [-0.25, -0.2) is 0 Å². The van der Waals surface area contributed by atoms with Crippen LogP contribution in [0.2, 0.25) is 0 Å². The Morgan fingerprint density at radius 1 is 1.27 bits per heavy atom. The standard InChI is InChI=1S/C11H15N3S/c1-2-12-7-8-13-11-9-5-3-4-6-10(9)15-14-11/h3-6,12H,2,7-8H2,1H3,(H,13,14). The molecule has 0 spiro atoms. The molecule has 0 fully saturated rings. The molecule has 0 bridgehead atoms. The molecule has 2 N–H and O–H groups in total. The summed E-state index contributed by atoms with van der Waals surface area (Å²) in [4.78, 5) is 0. The molecule has 0 unspecified atom stereocenters. The number of nitrogens with zero attached hydrogens (tertiary/aromatic N) is 1. The minimum atomic E-state index is 0.918. The monoisotopic (exact) mass is 221 g/mol. The van der Waals surface area contributed by atoms with Gasteiger partial charge < -0.3 is 10.6 Å². The van der Waals surface area contributed by atoms with Gasteiger partial charge in [-0.2, -0.15) is 4.37 Å². The van der Waals surface area contributed by atoms with E-state index in [9.17, 15) is 0 Å². The number of hydrogen-bond acceptors (Lipinski definition) is 4. The average molecular weight is 221 g/mol. The number of anilines is 1. The summed E-state index contributed by atoms with van der Waals surface area (Å²) >= 11 is 1.54. The highest BCUT2D eigenvalue weighted by Gasteiger charge is 2.03. The highest BCUT2D eigenvalue weighted by molar-refractivity contribution is 7.13. The lowest BCUT2D eigenvalue weighted by atomic mass is 10.2. The molecular weight excluding hydrogens is 206 g/mol.